The average molecular weight is 206 g/mol. The van der Waals surface area contributed by atoms with Crippen molar-refractivity contribution in [2.45, 2.75) is 13.8 Å². The van der Waals surface area contributed by atoms with Gasteiger partial charge in [-0.1, -0.05) is 30.3 Å². The van der Waals surface area contributed by atoms with E-state index in [0.717, 1.165) is 11.3 Å². The first-order valence-electron chi connectivity index (χ1n) is 4.76. The number of amides is 1. The van der Waals surface area contributed by atoms with Crippen molar-refractivity contribution in [3.8, 4) is 0 Å². The Labute approximate surface area is 88.9 Å². The van der Waals surface area contributed by atoms with Gasteiger partial charge in [0.1, 0.15) is 0 Å². The van der Waals surface area contributed by atoms with Crippen molar-refractivity contribution in [2.75, 3.05) is 6.61 Å². The number of rotatable bonds is 3. The minimum absolute atomic E-state index is 0.339. The third kappa shape index (κ3) is 3.81. The Kier molecular flexibility index (Phi) is 4.34. The van der Waals surface area contributed by atoms with Gasteiger partial charge in [0.15, 0.2) is 0 Å². The van der Waals surface area contributed by atoms with Gasteiger partial charge in [-0.15, -0.1) is 0 Å². The van der Waals surface area contributed by atoms with Gasteiger partial charge in [-0.3, -0.25) is 0 Å². The molecule has 0 fully saturated rings. The molecule has 80 valence electrons. The molecule has 0 bridgehead atoms. The molecule has 4 heteroatoms. The first-order valence-corrected chi connectivity index (χ1v) is 4.76. The molecular weight excluding hydrogens is 192 g/mol. The minimum Gasteiger partial charge on any atom is -0.449 e. The minimum atomic E-state index is -0.534. The van der Waals surface area contributed by atoms with E-state index in [9.17, 15) is 4.79 Å². The zero-order chi connectivity index (χ0) is 11.1. The predicted octanol–water partition coefficient (Wildman–Crippen LogP) is 2.16. The molecule has 0 aliphatic rings. The lowest BCUT2D eigenvalue weighted by atomic mass is 10.1. The van der Waals surface area contributed by atoms with Crippen molar-refractivity contribution < 1.29 is 9.53 Å². The van der Waals surface area contributed by atoms with E-state index < -0.39 is 6.09 Å². The first kappa shape index (κ1) is 11.2. The summed E-state index contributed by atoms with van der Waals surface area (Å²) in [7, 11) is 0. The lowest BCUT2D eigenvalue weighted by Gasteiger charge is -2.02. The van der Waals surface area contributed by atoms with Crippen molar-refractivity contribution >= 4 is 11.8 Å². The molecule has 1 aromatic rings. The predicted molar refractivity (Wildman–Crippen MR) is 58.8 cm³/mol. The molecule has 0 saturated heterocycles. The van der Waals surface area contributed by atoms with Crippen LogP contribution in [-0.2, 0) is 4.74 Å². The lowest BCUT2D eigenvalue weighted by molar-refractivity contribution is 0.152. The summed E-state index contributed by atoms with van der Waals surface area (Å²) >= 11 is 0. The molecule has 0 spiro atoms. The van der Waals surface area contributed by atoms with Gasteiger partial charge in [-0.05, 0) is 19.4 Å². The molecule has 0 aliphatic heterocycles. The molecule has 1 aromatic carbocycles. The van der Waals surface area contributed by atoms with E-state index in [1.165, 1.54) is 0 Å². The molecule has 1 rings (SSSR count). The van der Waals surface area contributed by atoms with Gasteiger partial charge in [0.2, 0.25) is 0 Å². The summed E-state index contributed by atoms with van der Waals surface area (Å²) < 4.78 is 4.67. The second-order valence-electron chi connectivity index (χ2n) is 2.90. The van der Waals surface area contributed by atoms with Crippen LogP contribution in [0.2, 0.25) is 0 Å². The summed E-state index contributed by atoms with van der Waals surface area (Å²) in [6, 6.07) is 9.60. The van der Waals surface area contributed by atoms with E-state index in [-0.39, 0.29) is 0 Å². The van der Waals surface area contributed by atoms with Crippen LogP contribution in [0.3, 0.4) is 0 Å². The van der Waals surface area contributed by atoms with Crippen molar-refractivity contribution in [3.05, 3.63) is 35.9 Å². The molecule has 0 unspecified atom stereocenters. The standard InChI is InChI=1S/C11H14N2O2/c1-3-15-11(14)13-12-9(2)10-7-5-4-6-8-10/h4-8H,3H2,1-2H3,(H,13,14). The Bertz CT molecular complexity index is 347. The highest BCUT2D eigenvalue weighted by Crippen LogP contribution is 1.99. The van der Waals surface area contributed by atoms with E-state index >= 15 is 0 Å². The van der Waals surface area contributed by atoms with Gasteiger partial charge >= 0.3 is 6.09 Å². The second-order valence-corrected chi connectivity index (χ2v) is 2.90. The number of nitrogens with one attached hydrogen (secondary N) is 1. The normalized spacial score (nSPS) is 10.9. The number of carbonyl (C=O) groups excluding carboxylic acids is 1. The number of nitrogens with zero attached hydrogens (tertiary/aromatic N) is 1. The summed E-state index contributed by atoms with van der Waals surface area (Å²) in [6.07, 6.45) is -0.534. The number of hydrogen-bond acceptors (Lipinski definition) is 3. The number of hydrazone groups is 1. The molecule has 0 heterocycles. The maximum atomic E-state index is 10.9. The summed E-state index contributed by atoms with van der Waals surface area (Å²) in [5, 5.41) is 3.91. The maximum Gasteiger partial charge on any atom is 0.427 e. The summed E-state index contributed by atoms with van der Waals surface area (Å²) in [4.78, 5) is 10.9. The Morgan fingerprint density at radius 3 is 2.67 bits per heavy atom. The molecule has 4 nitrogen and oxygen atoms in total. The Morgan fingerprint density at radius 1 is 1.40 bits per heavy atom. The Morgan fingerprint density at radius 2 is 2.07 bits per heavy atom. The van der Waals surface area contributed by atoms with Crippen LogP contribution >= 0.6 is 0 Å². The van der Waals surface area contributed by atoms with Crippen LogP contribution in [-0.4, -0.2) is 18.4 Å². The van der Waals surface area contributed by atoms with Crippen molar-refractivity contribution in [3.63, 3.8) is 0 Å². The summed E-state index contributed by atoms with van der Waals surface area (Å²) in [5.41, 5.74) is 4.02. The molecule has 1 N–H and O–H groups in total. The van der Waals surface area contributed by atoms with Gasteiger partial charge in [0, 0.05) is 0 Å². The van der Waals surface area contributed by atoms with E-state index in [0.29, 0.717) is 6.61 Å². The lowest BCUT2D eigenvalue weighted by Crippen LogP contribution is -2.20. The van der Waals surface area contributed by atoms with Crippen LogP contribution < -0.4 is 5.43 Å². The highest BCUT2D eigenvalue weighted by atomic mass is 16.5. The fourth-order valence-corrected chi connectivity index (χ4v) is 1.04. The largest absolute Gasteiger partial charge is 0.449 e. The summed E-state index contributed by atoms with van der Waals surface area (Å²) in [6.45, 7) is 3.90. The second kappa shape index (κ2) is 5.80. The average Bonchev–Trinajstić information content (AvgIpc) is 2.27. The van der Waals surface area contributed by atoms with Crippen molar-refractivity contribution in [1.29, 1.82) is 0 Å². The number of benzene rings is 1. The quantitative estimate of drug-likeness (QED) is 0.608. The van der Waals surface area contributed by atoms with E-state index in [1.54, 1.807) is 6.92 Å². The number of carbonyl (C=O) groups is 1. The zero-order valence-corrected chi connectivity index (χ0v) is 8.86. The Balaban J connectivity index is 2.57. The molecule has 0 radical (unpaired) electrons. The van der Waals surface area contributed by atoms with E-state index in [2.05, 4.69) is 15.3 Å². The molecule has 1 amide bonds. The molecule has 0 saturated carbocycles. The van der Waals surface area contributed by atoms with Crippen molar-refractivity contribution in [1.82, 2.24) is 5.43 Å². The SMILES string of the molecule is CCOC(=O)NN=C(C)c1ccccc1. The molecule has 0 atom stereocenters. The van der Waals surface area contributed by atoms with Gasteiger partial charge in [-0.25, -0.2) is 10.2 Å². The summed E-state index contributed by atoms with van der Waals surface area (Å²) in [5.74, 6) is 0. The third-order valence-corrected chi connectivity index (χ3v) is 1.78. The zero-order valence-electron chi connectivity index (χ0n) is 8.86. The molecular formula is C11H14N2O2. The fraction of sp³-hybridized carbons (Fsp3) is 0.273. The van der Waals surface area contributed by atoms with Crippen LogP contribution in [0.4, 0.5) is 4.79 Å². The van der Waals surface area contributed by atoms with Crippen LogP contribution in [0.15, 0.2) is 35.4 Å². The highest BCUT2D eigenvalue weighted by Gasteiger charge is 1.99. The topological polar surface area (TPSA) is 50.7 Å². The van der Waals surface area contributed by atoms with Crippen LogP contribution in [0.1, 0.15) is 19.4 Å². The van der Waals surface area contributed by atoms with Gasteiger partial charge in [-0.2, -0.15) is 5.10 Å². The number of hydrogen-bond donors (Lipinski definition) is 1. The van der Waals surface area contributed by atoms with Crippen molar-refractivity contribution in [2.24, 2.45) is 5.10 Å². The van der Waals surface area contributed by atoms with Crippen LogP contribution in [0, 0.1) is 0 Å². The molecule has 0 aromatic heterocycles. The van der Waals surface area contributed by atoms with Gasteiger partial charge < -0.3 is 4.74 Å². The highest BCUT2D eigenvalue weighted by molar-refractivity contribution is 5.98. The van der Waals surface area contributed by atoms with Crippen LogP contribution in [0.5, 0.6) is 0 Å². The Hall–Kier alpha value is -1.84. The molecule has 0 aliphatic carbocycles. The van der Waals surface area contributed by atoms with E-state index in [1.807, 2.05) is 37.3 Å². The van der Waals surface area contributed by atoms with Gasteiger partial charge in [0.05, 0.1) is 12.3 Å². The maximum absolute atomic E-state index is 10.9. The monoisotopic (exact) mass is 206 g/mol. The van der Waals surface area contributed by atoms with E-state index in [4.69, 9.17) is 0 Å². The van der Waals surface area contributed by atoms with Gasteiger partial charge in [0.25, 0.3) is 0 Å². The smallest absolute Gasteiger partial charge is 0.427 e. The molecule has 15 heavy (non-hydrogen) atoms. The first-order chi connectivity index (χ1) is 7.24. The fourth-order valence-electron chi connectivity index (χ4n) is 1.04. The number of ether oxygens (including phenoxy) is 1. The third-order valence-electron chi connectivity index (χ3n) is 1.78. The van der Waals surface area contributed by atoms with Crippen LogP contribution in [0.25, 0.3) is 0 Å².